The molecule has 3 nitrogen and oxygen atoms in total. The monoisotopic (exact) mass is 277 g/mol. The molecule has 0 aromatic carbocycles. The van der Waals surface area contributed by atoms with Gasteiger partial charge in [0.1, 0.15) is 0 Å². The van der Waals surface area contributed by atoms with Crippen LogP contribution in [0.1, 0.15) is 64.3 Å². The second-order valence-electron chi connectivity index (χ2n) is 7.17. The van der Waals surface area contributed by atoms with E-state index < -0.39 is 0 Å². The third-order valence-electron chi connectivity index (χ3n) is 4.83. The van der Waals surface area contributed by atoms with Gasteiger partial charge in [0.15, 0.2) is 0 Å². The van der Waals surface area contributed by atoms with Crippen molar-refractivity contribution >= 4 is 0 Å². The highest BCUT2D eigenvalue weighted by molar-refractivity contribution is 5.15. The molecule has 114 valence electrons. The number of aromatic nitrogens is 2. The van der Waals surface area contributed by atoms with Gasteiger partial charge in [-0.1, -0.05) is 27.7 Å². The summed E-state index contributed by atoms with van der Waals surface area (Å²) in [5.74, 6) is 2.39. The van der Waals surface area contributed by atoms with Crippen LogP contribution in [-0.2, 0) is 6.54 Å². The predicted molar refractivity (Wildman–Crippen MR) is 84.7 cm³/mol. The normalized spacial score (nSPS) is 27.2. The smallest absolute Gasteiger partial charge is 0.0638 e. The average Bonchev–Trinajstić information content (AvgIpc) is 2.74. The first-order valence-electron chi connectivity index (χ1n) is 8.22. The van der Waals surface area contributed by atoms with E-state index in [2.05, 4.69) is 50.8 Å². The Kier molecular flexibility index (Phi) is 5.25. The number of hydrogen-bond acceptors (Lipinski definition) is 2. The third-order valence-corrected chi connectivity index (χ3v) is 4.83. The van der Waals surface area contributed by atoms with Gasteiger partial charge in [-0.05, 0) is 50.5 Å². The predicted octanol–water partition coefficient (Wildman–Crippen LogP) is 3.93. The Balaban J connectivity index is 1.96. The van der Waals surface area contributed by atoms with Crippen LogP contribution in [-0.4, -0.2) is 16.3 Å². The van der Waals surface area contributed by atoms with E-state index >= 15 is 0 Å². The fraction of sp³-hybridized carbons (Fsp3) is 0.824. The molecule has 3 atom stereocenters. The number of aryl methyl sites for hydroxylation is 1. The molecule has 1 N–H and O–H groups in total. The van der Waals surface area contributed by atoms with Crippen LogP contribution in [0.2, 0.25) is 0 Å². The molecule has 20 heavy (non-hydrogen) atoms. The second-order valence-corrected chi connectivity index (χ2v) is 7.17. The summed E-state index contributed by atoms with van der Waals surface area (Å²) in [6.07, 6.45) is 6.17. The Morgan fingerprint density at radius 1 is 1.30 bits per heavy atom. The highest BCUT2D eigenvalue weighted by Gasteiger charge is 2.26. The fourth-order valence-corrected chi connectivity index (χ4v) is 3.13. The van der Waals surface area contributed by atoms with Gasteiger partial charge in [0.2, 0.25) is 0 Å². The van der Waals surface area contributed by atoms with Crippen LogP contribution < -0.4 is 5.32 Å². The summed E-state index contributed by atoms with van der Waals surface area (Å²) >= 11 is 0. The maximum absolute atomic E-state index is 4.77. The van der Waals surface area contributed by atoms with Crippen molar-refractivity contribution in [2.24, 2.45) is 17.8 Å². The molecule has 1 aromatic rings. The maximum Gasteiger partial charge on any atom is 0.0638 e. The largest absolute Gasteiger partial charge is 0.312 e. The third kappa shape index (κ3) is 3.85. The zero-order chi connectivity index (χ0) is 14.7. The topological polar surface area (TPSA) is 29.9 Å². The number of nitrogens with zero attached hydrogens (tertiary/aromatic N) is 2. The van der Waals surface area contributed by atoms with Gasteiger partial charge in [0.25, 0.3) is 0 Å². The van der Waals surface area contributed by atoms with Gasteiger partial charge in [-0.3, -0.25) is 4.68 Å². The average molecular weight is 277 g/mol. The van der Waals surface area contributed by atoms with Gasteiger partial charge < -0.3 is 5.32 Å². The standard InChI is InChI=1S/C17H31N3/c1-12(2)9-18-10-16-11-20(19-15(16)5)17-7-6-13(3)14(4)8-17/h11-14,17-18H,6-10H2,1-5H3. The summed E-state index contributed by atoms with van der Waals surface area (Å²) < 4.78 is 2.24. The molecule has 0 radical (unpaired) electrons. The molecule has 1 aromatic heterocycles. The Morgan fingerprint density at radius 2 is 2.05 bits per heavy atom. The molecule has 1 heterocycles. The lowest BCUT2D eigenvalue weighted by Gasteiger charge is -2.32. The number of nitrogens with one attached hydrogen (secondary N) is 1. The quantitative estimate of drug-likeness (QED) is 0.883. The van der Waals surface area contributed by atoms with E-state index in [9.17, 15) is 0 Å². The molecule has 2 rings (SSSR count). The first-order valence-corrected chi connectivity index (χ1v) is 8.22. The highest BCUT2D eigenvalue weighted by atomic mass is 15.3. The lowest BCUT2D eigenvalue weighted by atomic mass is 9.79. The first-order chi connectivity index (χ1) is 9.47. The lowest BCUT2D eigenvalue weighted by molar-refractivity contribution is 0.200. The number of rotatable bonds is 5. The summed E-state index contributed by atoms with van der Waals surface area (Å²) in [6.45, 7) is 13.4. The molecule has 0 spiro atoms. The van der Waals surface area contributed by atoms with Crippen molar-refractivity contribution in [1.82, 2.24) is 15.1 Å². The summed E-state index contributed by atoms with van der Waals surface area (Å²) in [5, 5.41) is 8.29. The van der Waals surface area contributed by atoms with E-state index in [1.165, 1.54) is 30.5 Å². The highest BCUT2D eigenvalue weighted by Crippen LogP contribution is 2.36. The van der Waals surface area contributed by atoms with Crippen molar-refractivity contribution in [1.29, 1.82) is 0 Å². The minimum Gasteiger partial charge on any atom is -0.312 e. The Bertz CT molecular complexity index is 422. The van der Waals surface area contributed by atoms with E-state index in [4.69, 9.17) is 5.10 Å². The molecule has 0 saturated heterocycles. The summed E-state index contributed by atoms with van der Waals surface area (Å²) in [4.78, 5) is 0. The molecule has 1 aliphatic rings. The van der Waals surface area contributed by atoms with Gasteiger partial charge in [-0.15, -0.1) is 0 Å². The zero-order valence-corrected chi connectivity index (χ0v) is 13.8. The van der Waals surface area contributed by atoms with Crippen LogP contribution in [0.3, 0.4) is 0 Å². The van der Waals surface area contributed by atoms with Gasteiger partial charge in [-0.25, -0.2) is 0 Å². The Labute approximate surface area is 124 Å². The fourth-order valence-electron chi connectivity index (χ4n) is 3.13. The van der Waals surface area contributed by atoms with Gasteiger partial charge in [0, 0.05) is 18.3 Å². The molecule has 0 aliphatic heterocycles. The van der Waals surface area contributed by atoms with E-state index in [1.54, 1.807) is 0 Å². The molecule has 1 aliphatic carbocycles. The van der Waals surface area contributed by atoms with Crippen molar-refractivity contribution in [3.05, 3.63) is 17.5 Å². The zero-order valence-electron chi connectivity index (χ0n) is 13.8. The van der Waals surface area contributed by atoms with Crippen LogP contribution in [0.15, 0.2) is 6.20 Å². The van der Waals surface area contributed by atoms with Crippen molar-refractivity contribution in [3.8, 4) is 0 Å². The van der Waals surface area contributed by atoms with Crippen molar-refractivity contribution < 1.29 is 0 Å². The lowest BCUT2D eigenvalue weighted by Crippen LogP contribution is -2.23. The minimum atomic E-state index is 0.610. The molecule has 0 bridgehead atoms. The van der Waals surface area contributed by atoms with E-state index in [-0.39, 0.29) is 0 Å². The molecule has 1 saturated carbocycles. The maximum atomic E-state index is 4.77. The Hall–Kier alpha value is -0.830. The van der Waals surface area contributed by atoms with Gasteiger partial charge in [-0.2, -0.15) is 5.10 Å². The second kappa shape index (κ2) is 6.75. The van der Waals surface area contributed by atoms with Crippen molar-refractivity contribution in [3.63, 3.8) is 0 Å². The molecule has 0 amide bonds. The van der Waals surface area contributed by atoms with Crippen LogP contribution >= 0.6 is 0 Å². The van der Waals surface area contributed by atoms with Crippen LogP contribution in [0.5, 0.6) is 0 Å². The van der Waals surface area contributed by atoms with Crippen molar-refractivity contribution in [2.45, 2.75) is 66.5 Å². The summed E-state index contributed by atoms with van der Waals surface area (Å²) in [6, 6.07) is 0.610. The number of hydrogen-bond donors (Lipinski definition) is 1. The summed E-state index contributed by atoms with van der Waals surface area (Å²) in [5.41, 5.74) is 2.55. The van der Waals surface area contributed by atoms with E-state index in [0.29, 0.717) is 12.0 Å². The van der Waals surface area contributed by atoms with Gasteiger partial charge >= 0.3 is 0 Å². The molecule has 3 unspecified atom stereocenters. The van der Waals surface area contributed by atoms with Crippen LogP contribution in [0, 0.1) is 24.7 Å². The van der Waals surface area contributed by atoms with E-state index in [1.807, 2.05) is 0 Å². The van der Waals surface area contributed by atoms with Crippen molar-refractivity contribution in [2.75, 3.05) is 6.54 Å². The molecule has 1 fully saturated rings. The van der Waals surface area contributed by atoms with Crippen LogP contribution in [0.4, 0.5) is 0 Å². The summed E-state index contributed by atoms with van der Waals surface area (Å²) in [7, 11) is 0. The molecular weight excluding hydrogens is 246 g/mol. The molecular formula is C17H31N3. The first kappa shape index (κ1) is 15.6. The molecule has 3 heteroatoms. The van der Waals surface area contributed by atoms with E-state index in [0.717, 1.165) is 24.9 Å². The SMILES string of the molecule is Cc1nn(C2CCC(C)C(C)C2)cc1CNCC(C)C. The Morgan fingerprint density at radius 3 is 2.70 bits per heavy atom. The minimum absolute atomic E-state index is 0.610. The van der Waals surface area contributed by atoms with Crippen LogP contribution in [0.25, 0.3) is 0 Å². The van der Waals surface area contributed by atoms with Gasteiger partial charge in [0.05, 0.1) is 11.7 Å².